The third kappa shape index (κ3) is 4.62. The molecule has 0 spiro atoms. The maximum absolute atomic E-state index is 12.5. The van der Waals surface area contributed by atoms with Crippen molar-refractivity contribution in [3.63, 3.8) is 0 Å². The minimum atomic E-state index is -0.407. The molecule has 2 aromatic rings. The summed E-state index contributed by atoms with van der Waals surface area (Å²) in [5, 5.41) is 0. The number of hydrogen-bond acceptors (Lipinski definition) is 5. The van der Waals surface area contributed by atoms with Crippen molar-refractivity contribution in [2.45, 2.75) is 19.4 Å². The summed E-state index contributed by atoms with van der Waals surface area (Å²) in [6, 6.07) is 9.14. The van der Waals surface area contributed by atoms with Gasteiger partial charge < -0.3 is 14.4 Å². The second-order valence-electron chi connectivity index (χ2n) is 6.37. The van der Waals surface area contributed by atoms with E-state index in [1.807, 2.05) is 29.2 Å². The van der Waals surface area contributed by atoms with Crippen LogP contribution >= 0.6 is 0 Å². The van der Waals surface area contributed by atoms with Crippen molar-refractivity contribution in [2.24, 2.45) is 5.92 Å². The summed E-state index contributed by atoms with van der Waals surface area (Å²) < 4.78 is 12.4. The molecule has 1 atom stereocenters. The molecule has 1 aromatic carbocycles. The van der Waals surface area contributed by atoms with Crippen LogP contribution in [0.25, 0.3) is 0 Å². The van der Waals surface area contributed by atoms with E-state index in [4.69, 9.17) is 9.47 Å². The fourth-order valence-electron chi connectivity index (χ4n) is 3.09. The maximum atomic E-state index is 12.5. The van der Waals surface area contributed by atoms with Crippen molar-refractivity contribution >= 4 is 5.91 Å². The molecule has 26 heavy (non-hydrogen) atoms. The fraction of sp³-hybridized carbons (Fsp3) is 0.421. The molecule has 0 bridgehead atoms. The Morgan fingerprint density at radius 3 is 2.96 bits per heavy atom. The van der Waals surface area contributed by atoms with Crippen molar-refractivity contribution in [3.05, 3.63) is 53.2 Å². The zero-order valence-corrected chi connectivity index (χ0v) is 14.8. The Kier molecular flexibility index (Phi) is 5.88. The molecule has 2 heterocycles. The monoisotopic (exact) mass is 357 g/mol. The smallest absolute Gasteiger partial charge is 0.347 e. The second kappa shape index (κ2) is 8.51. The number of piperidine rings is 1. The van der Waals surface area contributed by atoms with Gasteiger partial charge in [-0.15, -0.1) is 0 Å². The molecule has 1 unspecified atom stereocenters. The molecule has 1 aromatic heterocycles. The summed E-state index contributed by atoms with van der Waals surface area (Å²) in [6.45, 7) is 1.92. The molecule has 1 fully saturated rings. The minimum Gasteiger partial charge on any atom is -0.497 e. The van der Waals surface area contributed by atoms with Gasteiger partial charge in [-0.3, -0.25) is 9.36 Å². The Balaban J connectivity index is 1.54. The van der Waals surface area contributed by atoms with Crippen LogP contribution in [-0.2, 0) is 11.3 Å². The molecule has 7 nitrogen and oxygen atoms in total. The first-order valence-electron chi connectivity index (χ1n) is 8.72. The molecule has 138 valence electrons. The van der Waals surface area contributed by atoms with Crippen LogP contribution in [0, 0.1) is 5.92 Å². The van der Waals surface area contributed by atoms with Crippen LogP contribution < -0.4 is 15.2 Å². The first kappa shape index (κ1) is 18.0. The molecule has 1 saturated heterocycles. The van der Waals surface area contributed by atoms with Crippen LogP contribution in [0.15, 0.2) is 47.5 Å². The average molecular weight is 357 g/mol. The van der Waals surface area contributed by atoms with Gasteiger partial charge in [0, 0.05) is 37.5 Å². The van der Waals surface area contributed by atoms with Crippen LogP contribution in [0.4, 0.5) is 0 Å². The number of benzene rings is 1. The summed E-state index contributed by atoms with van der Waals surface area (Å²) >= 11 is 0. The van der Waals surface area contributed by atoms with Crippen LogP contribution in [0.3, 0.4) is 0 Å². The summed E-state index contributed by atoms with van der Waals surface area (Å²) in [5.74, 6) is 1.72. The van der Waals surface area contributed by atoms with E-state index in [0.29, 0.717) is 19.7 Å². The molecule has 1 aliphatic heterocycles. The molecule has 1 amide bonds. The van der Waals surface area contributed by atoms with E-state index in [1.54, 1.807) is 19.4 Å². The largest absolute Gasteiger partial charge is 0.497 e. The molecule has 0 saturated carbocycles. The Hall–Kier alpha value is -2.83. The predicted molar refractivity (Wildman–Crippen MR) is 96.3 cm³/mol. The van der Waals surface area contributed by atoms with Crippen molar-refractivity contribution < 1.29 is 14.3 Å². The molecule has 0 radical (unpaired) electrons. The number of likely N-dealkylation sites (tertiary alicyclic amines) is 1. The zero-order valence-electron chi connectivity index (χ0n) is 14.8. The third-order valence-corrected chi connectivity index (χ3v) is 4.49. The van der Waals surface area contributed by atoms with Crippen molar-refractivity contribution in [1.29, 1.82) is 0 Å². The van der Waals surface area contributed by atoms with E-state index in [0.717, 1.165) is 24.3 Å². The lowest BCUT2D eigenvalue weighted by molar-refractivity contribution is -0.133. The van der Waals surface area contributed by atoms with Gasteiger partial charge in [-0.2, -0.15) is 0 Å². The number of methoxy groups -OCH3 is 1. The second-order valence-corrected chi connectivity index (χ2v) is 6.37. The van der Waals surface area contributed by atoms with E-state index in [1.165, 1.54) is 10.8 Å². The minimum absolute atomic E-state index is 0.0239. The van der Waals surface area contributed by atoms with Gasteiger partial charge in [0.1, 0.15) is 18.0 Å². The first-order chi connectivity index (χ1) is 12.7. The average Bonchev–Trinajstić information content (AvgIpc) is 2.68. The van der Waals surface area contributed by atoms with E-state index < -0.39 is 5.69 Å². The number of nitrogens with zero attached hydrogens (tertiary/aromatic N) is 3. The van der Waals surface area contributed by atoms with Gasteiger partial charge >= 0.3 is 5.69 Å². The van der Waals surface area contributed by atoms with Crippen LogP contribution in [-0.4, -0.2) is 47.2 Å². The Morgan fingerprint density at radius 2 is 2.15 bits per heavy atom. The standard InChI is InChI=1S/C19H23N3O4/c1-25-16-6-2-7-17(11-16)26-14-15-5-3-9-21(12-15)18(23)13-22-10-4-8-20-19(22)24/h2,4,6-8,10-11,15H,3,5,9,12-14H2,1H3. The van der Waals surface area contributed by atoms with Gasteiger partial charge in [-0.05, 0) is 31.0 Å². The number of amides is 1. The van der Waals surface area contributed by atoms with Crippen molar-refractivity contribution in [1.82, 2.24) is 14.5 Å². The van der Waals surface area contributed by atoms with Gasteiger partial charge in [0.05, 0.1) is 13.7 Å². The summed E-state index contributed by atoms with van der Waals surface area (Å²) in [4.78, 5) is 29.7. The molecule has 1 aliphatic rings. The highest BCUT2D eigenvalue weighted by molar-refractivity contribution is 5.76. The Labute approximate surface area is 152 Å². The van der Waals surface area contributed by atoms with Gasteiger partial charge in [0.25, 0.3) is 0 Å². The van der Waals surface area contributed by atoms with Gasteiger partial charge in [0.2, 0.25) is 5.91 Å². The lowest BCUT2D eigenvalue weighted by atomic mass is 9.99. The highest BCUT2D eigenvalue weighted by Gasteiger charge is 2.24. The van der Waals surface area contributed by atoms with Gasteiger partial charge in [0.15, 0.2) is 0 Å². The van der Waals surface area contributed by atoms with Crippen LogP contribution in [0.5, 0.6) is 11.5 Å². The SMILES string of the molecule is COc1cccc(OCC2CCCN(C(=O)Cn3cccnc3=O)C2)c1. The maximum Gasteiger partial charge on any atom is 0.347 e. The summed E-state index contributed by atoms with van der Waals surface area (Å²) in [6.07, 6.45) is 4.96. The van der Waals surface area contributed by atoms with Crippen LogP contribution in [0.1, 0.15) is 12.8 Å². The lowest BCUT2D eigenvalue weighted by Crippen LogP contribution is -2.44. The summed E-state index contributed by atoms with van der Waals surface area (Å²) in [7, 11) is 1.62. The zero-order chi connectivity index (χ0) is 18.4. The number of ether oxygens (including phenoxy) is 2. The topological polar surface area (TPSA) is 73.7 Å². The van der Waals surface area contributed by atoms with Crippen molar-refractivity contribution in [2.75, 3.05) is 26.8 Å². The van der Waals surface area contributed by atoms with Gasteiger partial charge in [-0.1, -0.05) is 6.07 Å². The Morgan fingerprint density at radius 1 is 1.31 bits per heavy atom. The summed E-state index contributed by atoms with van der Waals surface area (Å²) in [5.41, 5.74) is -0.407. The molecule has 0 aliphatic carbocycles. The number of rotatable bonds is 6. The van der Waals surface area contributed by atoms with E-state index in [2.05, 4.69) is 4.98 Å². The van der Waals surface area contributed by atoms with E-state index in [-0.39, 0.29) is 18.4 Å². The van der Waals surface area contributed by atoms with Gasteiger partial charge in [-0.25, -0.2) is 9.78 Å². The van der Waals surface area contributed by atoms with Crippen molar-refractivity contribution in [3.8, 4) is 11.5 Å². The number of aromatic nitrogens is 2. The number of carbonyl (C=O) groups excluding carboxylic acids is 1. The van der Waals surface area contributed by atoms with E-state index in [9.17, 15) is 9.59 Å². The highest BCUT2D eigenvalue weighted by atomic mass is 16.5. The normalized spacial score (nSPS) is 17.0. The molecule has 3 rings (SSSR count). The quantitative estimate of drug-likeness (QED) is 0.785. The predicted octanol–water partition coefficient (Wildman–Crippen LogP) is 1.57. The Bertz CT molecular complexity index is 805. The molecule has 0 N–H and O–H groups in total. The number of hydrogen-bond donors (Lipinski definition) is 0. The third-order valence-electron chi connectivity index (χ3n) is 4.49. The highest BCUT2D eigenvalue weighted by Crippen LogP contribution is 2.22. The fourth-order valence-corrected chi connectivity index (χ4v) is 3.09. The first-order valence-corrected chi connectivity index (χ1v) is 8.72. The molecular weight excluding hydrogens is 334 g/mol. The van der Waals surface area contributed by atoms with Crippen LogP contribution in [0.2, 0.25) is 0 Å². The molecular formula is C19H23N3O4. The molecule has 7 heteroatoms. The number of carbonyl (C=O) groups is 1. The van der Waals surface area contributed by atoms with E-state index >= 15 is 0 Å². The lowest BCUT2D eigenvalue weighted by Gasteiger charge is -2.32.